The Hall–Kier alpha value is -3.55. The quantitative estimate of drug-likeness (QED) is 0.339. The Bertz CT molecular complexity index is 1490. The van der Waals surface area contributed by atoms with Crippen LogP contribution in [0.4, 0.5) is 0 Å². The highest BCUT2D eigenvalue weighted by Gasteiger charge is 2.43. The van der Waals surface area contributed by atoms with Crippen LogP contribution in [-0.4, -0.2) is 26.0 Å². The van der Waals surface area contributed by atoms with Crippen molar-refractivity contribution in [2.75, 3.05) is 14.2 Å². The Morgan fingerprint density at radius 3 is 2.41 bits per heavy atom. The lowest BCUT2D eigenvalue weighted by atomic mass is 9.79. The van der Waals surface area contributed by atoms with Crippen molar-refractivity contribution in [2.45, 2.75) is 19.4 Å². The number of benzene rings is 3. The van der Waals surface area contributed by atoms with E-state index in [0.29, 0.717) is 61.3 Å². The minimum absolute atomic E-state index is 0.133. The number of Topliss-reactive ketones (excluding diaryl/α,β-unsaturated/α-hetero) is 1. The fraction of sp³-hybridized carbons (Fsp3) is 0.172. The van der Waals surface area contributed by atoms with Gasteiger partial charge < -0.3 is 19.5 Å². The number of ketones is 1. The molecule has 1 aliphatic carbocycles. The summed E-state index contributed by atoms with van der Waals surface area (Å²) in [5.41, 5.74) is 5.20. The van der Waals surface area contributed by atoms with Crippen LogP contribution in [0.5, 0.6) is 11.5 Å². The van der Waals surface area contributed by atoms with Gasteiger partial charge in [0.2, 0.25) is 0 Å². The Kier molecular flexibility index (Phi) is 6.84. The van der Waals surface area contributed by atoms with Crippen LogP contribution in [0, 0.1) is 0 Å². The second-order valence-electron chi connectivity index (χ2n) is 8.69. The summed E-state index contributed by atoms with van der Waals surface area (Å²) in [5, 5.41) is 3.94. The number of methoxy groups -OCH3 is 2. The smallest absolute Gasteiger partial charge is 0.336 e. The molecule has 3 aromatic carbocycles. The van der Waals surface area contributed by atoms with E-state index in [4.69, 9.17) is 25.8 Å². The SMILES string of the molecule is COC(=O)C1=C(C)NC2=C(C(=O)c3ccccc32)[C@@H]1c1cc(OC)c(OCc2ccc(Cl)cc2)cc1Br. The van der Waals surface area contributed by atoms with Crippen molar-refractivity contribution in [3.05, 3.63) is 109 Å². The molecule has 8 heteroatoms. The number of hydrogen-bond acceptors (Lipinski definition) is 6. The van der Waals surface area contributed by atoms with Gasteiger partial charge in [-0.2, -0.15) is 0 Å². The average Bonchev–Trinajstić information content (AvgIpc) is 3.18. The number of rotatable bonds is 6. The molecule has 0 bridgehead atoms. The van der Waals surface area contributed by atoms with Crippen molar-refractivity contribution >= 4 is 45.0 Å². The molecule has 1 aliphatic heterocycles. The molecule has 188 valence electrons. The number of fused-ring (bicyclic) bond motifs is 2. The minimum atomic E-state index is -0.683. The van der Waals surface area contributed by atoms with Gasteiger partial charge in [0.05, 0.1) is 31.4 Å². The fourth-order valence-electron chi connectivity index (χ4n) is 4.81. The first-order valence-electron chi connectivity index (χ1n) is 11.5. The zero-order valence-corrected chi connectivity index (χ0v) is 22.7. The van der Waals surface area contributed by atoms with Gasteiger partial charge in [-0.3, -0.25) is 4.79 Å². The predicted molar refractivity (Wildman–Crippen MR) is 145 cm³/mol. The summed E-state index contributed by atoms with van der Waals surface area (Å²) in [6, 6.07) is 18.4. The Morgan fingerprint density at radius 1 is 1.03 bits per heavy atom. The van der Waals surface area contributed by atoms with Crippen molar-refractivity contribution < 1.29 is 23.8 Å². The number of carbonyl (C=O) groups excluding carboxylic acids is 2. The third kappa shape index (κ3) is 4.43. The predicted octanol–water partition coefficient (Wildman–Crippen LogP) is 6.43. The van der Waals surface area contributed by atoms with Gasteiger partial charge in [0.25, 0.3) is 0 Å². The summed E-state index contributed by atoms with van der Waals surface area (Å²) in [7, 11) is 2.88. The zero-order valence-electron chi connectivity index (χ0n) is 20.4. The molecule has 5 rings (SSSR count). The summed E-state index contributed by atoms with van der Waals surface area (Å²) in [6.07, 6.45) is 0. The van der Waals surface area contributed by atoms with E-state index in [-0.39, 0.29) is 5.78 Å². The lowest BCUT2D eigenvalue weighted by Gasteiger charge is -2.30. The number of dihydropyridines is 1. The third-order valence-electron chi connectivity index (χ3n) is 6.56. The second kappa shape index (κ2) is 10.1. The molecular weight excluding hydrogens is 558 g/mol. The summed E-state index contributed by atoms with van der Waals surface area (Å²) in [5.74, 6) is -0.349. The number of carbonyl (C=O) groups is 2. The monoisotopic (exact) mass is 579 g/mol. The van der Waals surface area contributed by atoms with E-state index in [1.807, 2.05) is 37.3 Å². The van der Waals surface area contributed by atoms with E-state index in [1.165, 1.54) is 7.11 Å². The Balaban J connectivity index is 1.60. The molecule has 0 fully saturated rings. The molecular formula is C29H23BrClNO5. The van der Waals surface area contributed by atoms with Gasteiger partial charge in [-0.15, -0.1) is 0 Å². The molecule has 2 aliphatic rings. The van der Waals surface area contributed by atoms with Crippen LogP contribution in [0.2, 0.25) is 5.02 Å². The molecule has 0 spiro atoms. The van der Waals surface area contributed by atoms with Gasteiger partial charge >= 0.3 is 5.97 Å². The van der Waals surface area contributed by atoms with Gasteiger partial charge in [0.15, 0.2) is 17.3 Å². The minimum Gasteiger partial charge on any atom is -0.493 e. The number of esters is 1. The molecule has 1 N–H and O–H groups in total. The normalized spacial score (nSPS) is 16.2. The van der Waals surface area contributed by atoms with Gasteiger partial charge in [0, 0.05) is 31.9 Å². The molecule has 3 aromatic rings. The van der Waals surface area contributed by atoms with Crippen LogP contribution in [0.1, 0.15) is 39.9 Å². The largest absolute Gasteiger partial charge is 0.493 e. The van der Waals surface area contributed by atoms with Crippen molar-refractivity contribution in [3.63, 3.8) is 0 Å². The van der Waals surface area contributed by atoms with Crippen molar-refractivity contribution in [1.82, 2.24) is 5.32 Å². The van der Waals surface area contributed by atoms with E-state index < -0.39 is 11.9 Å². The van der Waals surface area contributed by atoms with E-state index in [9.17, 15) is 9.59 Å². The molecule has 0 radical (unpaired) electrons. The van der Waals surface area contributed by atoms with Crippen LogP contribution in [0.25, 0.3) is 5.70 Å². The first-order valence-corrected chi connectivity index (χ1v) is 12.7. The average molecular weight is 581 g/mol. The summed E-state index contributed by atoms with van der Waals surface area (Å²) >= 11 is 9.66. The van der Waals surface area contributed by atoms with Gasteiger partial charge in [-0.05, 0) is 42.3 Å². The maximum Gasteiger partial charge on any atom is 0.336 e. The van der Waals surface area contributed by atoms with Crippen LogP contribution in [-0.2, 0) is 16.1 Å². The summed E-state index contributed by atoms with van der Waals surface area (Å²) < 4.78 is 17.5. The van der Waals surface area contributed by atoms with Gasteiger partial charge in [-0.1, -0.05) is 63.9 Å². The topological polar surface area (TPSA) is 73.9 Å². The summed E-state index contributed by atoms with van der Waals surface area (Å²) in [6.45, 7) is 2.12. The lowest BCUT2D eigenvalue weighted by Crippen LogP contribution is -2.29. The van der Waals surface area contributed by atoms with E-state index in [1.54, 1.807) is 37.4 Å². The molecule has 0 saturated carbocycles. The molecule has 6 nitrogen and oxygen atoms in total. The van der Waals surface area contributed by atoms with Crippen LogP contribution in [0.15, 0.2) is 82.0 Å². The molecule has 0 saturated heterocycles. The highest BCUT2D eigenvalue weighted by atomic mass is 79.9. The van der Waals surface area contributed by atoms with Crippen LogP contribution < -0.4 is 14.8 Å². The highest BCUT2D eigenvalue weighted by molar-refractivity contribution is 9.10. The number of hydrogen-bond donors (Lipinski definition) is 1. The first kappa shape index (κ1) is 25.1. The zero-order chi connectivity index (χ0) is 26.3. The van der Waals surface area contributed by atoms with Crippen molar-refractivity contribution in [1.29, 1.82) is 0 Å². The number of allylic oxidation sites excluding steroid dienone is 2. The second-order valence-corrected chi connectivity index (χ2v) is 9.98. The molecule has 1 atom stereocenters. The molecule has 0 unspecified atom stereocenters. The molecule has 0 aromatic heterocycles. The lowest BCUT2D eigenvalue weighted by molar-refractivity contribution is -0.136. The van der Waals surface area contributed by atoms with E-state index >= 15 is 0 Å². The number of halogens is 2. The van der Waals surface area contributed by atoms with Crippen molar-refractivity contribution in [3.8, 4) is 11.5 Å². The number of ether oxygens (including phenoxy) is 3. The maximum atomic E-state index is 13.6. The van der Waals surface area contributed by atoms with Crippen LogP contribution >= 0.6 is 27.5 Å². The van der Waals surface area contributed by atoms with Gasteiger partial charge in [-0.25, -0.2) is 4.79 Å². The van der Waals surface area contributed by atoms with E-state index in [2.05, 4.69) is 21.2 Å². The van der Waals surface area contributed by atoms with Crippen molar-refractivity contribution in [2.24, 2.45) is 0 Å². The van der Waals surface area contributed by atoms with E-state index in [0.717, 1.165) is 11.1 Å². The van der Waals surface area contributed by atoms with Crippen LogP contribution in [0.3, 0.4) is 0 Å². The third-order valence-corrected chi connectivity index (χ3v) is 7.49. The van der Waals surface area contributed by atoms with Gasteiger partial charge in [0.1, 0.15) is 6.61 Å². The molecule has 37 heavy (non-hydrogen) atoms. The molecule has 1 heterocycles. The Morgan fingerprint density at radius 2 is 1.73 bits per heavy atom. The first-order chi connectivity index (χ1) is 17.8. The highest BCUT2D eigenvalue weighted by Crippen LogP contribution is 2.50. The fourth-order valence-corrected chi connectivity index (χ4v) is 5.48. The maximum absolute atomic E-state index is 13.6. The standard InChI is InChI=1S/C29H23BrClNO5/c1-15-24(29(34)36-3)25(26-27(32-15)18-6-4-5-7-19(18)28(26)33)20-12-22(35-2)23(13-21(20)30)37-14-16-8-10-17(31)11-9-16/h4-13,25,32H,14H2,1-3H3/t25-/m1/s1. The summed E-state index contributed by atoms with van der Waals surface area (Å²) in [4.78, 5) is 26.7. The number of nitrogens with one attached hydrogen (secondary N) is 1. The molecule has 0 amide bonds. The Labute approximate surface area is 228 Å².